The Kier molecular flexibility index (Phi) is 1.93. The van der Waals surface area contributed by atoms with Crippen molar-refractivity contribution in [3.63, 3.8) is 0 Å². The standard InChI is InChI=1S/C6H5ClN4O2S/c1-14(12,13)11-5-3-8-6(7)10-4(5)2-9-11/h2-3H,1H3. The molecular formula is C6H5ClN4O2S. The minimum atomic E-state index is -3.42. The van der Waals surface area contributed by atoms with Crippen LogP contribution in [0.2, 0.25) is 5.28 Å². The van der Waals surface area contributed by atoms with Crippen molar-refractivity contribution in [1.29, 1.82) is 0 Å². The van der Waals surface area contributed by atoms with Gasteiger partial charge in [0.2, 0.25) is 5.28 Å². The lowest BCUT2D eigenvalue weighted by Gasteiger charge is -1.97. The van der Waals surface area contributed by atoms with Crippen molar-refractivity contribution < 1.29 is 8.42 Å². The van der Waals surface area contributed by atoms with Gasteiger partial charge in [-0.2, -0.15) is 9.19 Å². The first-order valence-corrected chi connectivity index (χ1v) is 5.78. The fraction of sp³-hybridized carbons (Fsp3) is 0.167. The second kappa shape index (κ2) is 2.89. The maximum atomic E-state index is 11.2. The second-order valence-corrected chi connectivity index (χ2v) is 4.81. The molecule has 0 aliphatic rings. The summed E-state index contributed by atoms with van der Waals surface area (Å²) in [6.45, 7) is 0. The van der Waals surface area contributed by atoms with E-state index < -0.39 is 10.0 Å². The van der Waals surface area contributed by atoms with Crippen LogP contribution >= 0.6 is 11.6 Å². The third-order valence-electron chi connectivity index (χ3n) is 1.57. The zero-order chi connectivity index (χ0) is 10.3. The Bertz CT molecular complexity index is 591. The maximum Gasteiger partial charge on any atom is 0.251 e. The van der Waals surface area contributed by atoms with Crippen molar-refractivity contribution in [2.75, 3.05) is 6.26 Å². The molecule has 0 aliphatic heterocycles. The van der Waals surface area contributed by atoms with E-state index in [4.69, 9.17) is 11.6 Å². The van der Waals surface area contributed by atoms with Crippen molar-refractivity contribution >= 4 is 32.7 Å². The Morgan fingerprint density at radius 3 is 2.79 bits per heavy atom. The SMILES string of the molecule is CS(=O)(=O)n1ncc2nc(Cl)ncc21. The van der Waals surface area contributed by atoms with Crippen LogP contribution in [0.4, 0.5) is 0 Å². The highest BCUT2D eigenvalue weighted by atomic mass is 35.5. The smallest absolute Gasteiger partial charge is 0.224 e. The largest absolute Gasteiger partial charge is 0.251 e. The molecule has 0 radical (unpaired) electrons. The maximum absolute atomic E-state index is 11.2. The van der Waals surface area contributed by atoms with Crippen LogP contribution in [0.25, 0.3) is 11.0 Å². The minimum Gasteiger partial charge on any atom is -0.224 e. The first kappa shape index (κ1) is 9.35. The summed E-state index contributed by atoms with van der Waals surface area (Å²) in [6.07, 6.45) is 3.69. The van der Waals surface area contributed by atoms with E-state index in [1.54, 1.807) is 0 Å². The van der Waals surface area contributed by atoms with Gasteiger partial charge in [-0.05, 0) is 11.6 Å². The Hall–Kier alpha value is -1.21. The highest BCUT2D eigenvalue weighted by Crippen LogP contribution is 2.13. The number of halogens is 1. The quantitative estimate of drug-likeness (QED) is 0.661. The van der Waals surface area contributed by atoms with E-state index in [9.17, 15) is 8.42 Å². The molecule has 0 aliphatic carbocycles. The van der Waals surface area contributed by atoms with Gasteiger partial charge in [0.1, 0.15) is 11.0 Å². The van der Waals surface area contributed by atoms with Crippen molar-refractivity contribution in [3.8, 4) is 0 Å². The van der Waals surface area contributed by atoms with Crippen LogP contribution < -0.4 is 0 Å². The first-order chi connectivity index (χ1) is 6.48. The van der Waals surface area contributed by atoms with Gasteiger partial charge in [-0.1, -0.05) is 0 Å². The molecule has 0 aromatic carbocycles. The summed E-state index contributed by atoms with van der Waals surface area (Å²) in [5, 5.41) is 3.74. The van der Waals surface area contributed by atoms with E-state index in [-0.39, 0.29) is 5.28 Å². The molecule has 0 saturated carbocycles. The normalized spacial score (nSPS) is 12.1. The number of hydrogen-bond donors (Lipinski definition) is 0. The molecule has 0 spiro atoms. The van der Waals surface area contributed by atoms with Crippen LogP contribution in [0.15, 0.2) is 12.4 Å². The van der Waals surface area contributed by atoms with Gasteiger partial charge in [-0.3, -0.25) is 0 Å². The average molecular weight is 233 g/mol. The number of nitrogens with zero attached hydrogens (tertiary/aromatic N) is 4. The molecule has 14 heavy (non-hydrogen) atoms. The second-order valence-electron chi connectivity index (χ2n) is 2.66. The molecule has 0 atom stereocenters. The zero-order valence-corrected chi connectivity index (χ0v) is 8.62. The molecule has 2 rings (SSSR count). The van der Waals surface area contributed by atoms with Gasteiger partial charge in [0, 0.05) is 0 Å². The Labute approximate surface area is 84.6 Å². The fourth-order valence-electron chi connectivity index (χ4n) is 1.04. The Morgan fingerprint density at radius 1 is 1.43 bits per heavy atom. The highest BCUT2D eigenvalue weighted by molar-refractivity contribution is 7.89. The average Bonchev–Trinajstić information content (AvgIpc) is 2.45. The summed E-state index contributed by atoms with van der Waals surface area (Å²) in [6, 6.07) is 0. The topological polar surface area (TPSA) is 77.7 Å². The molecule has 74 valence electrons. The summed E-state index contributed by atoms with van der Waals surface area (Å²) in [4.78, 5) is 7.50. The lowest BCUT2D eigenvalue weighted by Crippen LogP contribution is -2.11. The summed E-state index contributed by atoms with van der Waals surface area (Å²) >= 11 is 5.53. The van der Waals surface area contributed by atoms with Crippen LogP contribution in [0.1, 0.15) is 0 Å². The molecule has 0 saturated heterocycles. The summed E-state index contributed by atoms with van der Waals surface area (Å²) in [7, 11) is -3.42. The van der Waals surface area contributed by atoms with E-state index in [1.807, 2.05) is 0 Å². The molecule has 0 unspecified atom stereocenters. The highest BCUT2D eigenvalue weighted by Gasteiger charge is 2.12. The molecule has 8 heteroatoms. The van der Waals surface area contributed by atoms with Crippen LogP contribution in [-0.2, 0) is 10.0 Å². The Balaban J connectivity index is 2.83. The fourth-order valence-corrected chi connectivity index (χ4v) is 1.90. The van der Waals surface area contributed by atoms with Crippen LogP contribution in [0.3, 0.4) is 0 Å². The predicted octanol–water partition coefficient (Wildman–Crippen LogP) is 0.287. The summed E-state index contributed by atoms with van der Waals surface area (Å²) < 4.78 is 23.3. The van der Waals surface area contributed by atoms with Gasteiger partial charge in [0.25, 0.3) is 10.0 Å². The predicted molar refractivity (Wildman–Crippen MR) is 50.6 cm³/mol. The Morgan fingerprint density at radius 2 is 2.14 bits per heavy atom. The van der Waals surface area contributed by atoms with E-state index >= 15 is 0 Å². The molecule has 0 N–H and O–H groups in total. The van der Waals surface area contributed by atoms with Gasteiger partial charge in [-0.15, -0.1) is 0 Å². The molecule has 6 nitrogen and oxygen atoms in total. The van der Waals surface area contributed by atoms with Crippen LogP contribution in [-0.4, -0.2) is 33.8 Å². The number of rotatable bonds is 1. The molecule has 0 fully saturated rings. The minimum absolute atomic E-state index is 0.0607. The van der Waals surface area contributed by atoms with Gasteiger partial charge < -0.3 is 0 Å². The van der Waals surface area contributed by atoms with Crippen LogP contribution in [0.5, 0.6) is 0 Å². The van der Waals surface area contributed by atoms with Gasteiger partial charge >= 0.3 is 0 Å². The number of fused-ring (bicyclic) bond motifs is 1. The third-order valence-corrected chi connectivity index (χ3v) is 2.67. The van der Waals surface area contributed by atoms with Crippen molar-refractivity contribution in [1.82, 2.24) is 19.2 Å². The van der Waals surface area contributed by atoms with E-state index in [0.29, 0.717) is 11.0 Å². The molecule has 2 aromatic heterocycles. The van der Waals surface area contributed by atoms with Gasteiger partial charge in [-0.25, -0.2) is 18.4 Å². The van der Waals surface area contributed by atoms with Crippen molar-refractivity contribution in [2.24, 2.45) is 0 Å². The first-order valence-electron chi connectivity index (χ1n) is 3.55. The van der Waals surface area contributed by atoms with E-state index in [2.05, 4.69) is 15.1 Å². The lowest BCUT2D eigenvalue weighted by atomic mass is 10.5. The molecule has 2 aromatic rings. The lowest BCUT2D eigenvalue weighted by molar-refractivity contribution is 0.588. The monoisotopic (exact) mass is 232 g/mol. The number of hydrogen-bond acceptors (Lipinski definition) is 5. The molecular weight excluding hydrogens is 228 g/mol. The summed E-state index contributed by atoms with van der Waals surface area (Å²) in [5.41, 5.74) is 0.715. The third kappa shape index (κ3) is 1.44. The van der Waals surface area contributed by atoms with Crippen molar-refractivity contribution in [3.05, 3.63) is 17.7 Å². The van der Waals surface area contributed by atoms with Crippen LogP contribution in [0, 0.1) is 0 Å². The zero-order valence-electron chi connectivity index (χ0n) is 7.05. The van der Waals surface area contributed by atoms with E-state index in [1.165, 1.54) is 12.4 Å². The number of aromatic nitrogens is 4. The van der Waals surface area contributed by atoms with Gasteiger partial charge in [0.05, 0.1) is 18.6 Å². The van der Waals surface area contributed by atoms with Crippen molar-refractivity contribution in [2.45, 2.75) is 0 Å². The van der Waals surface area contributed by atoms with Gasteiger partial charge in [0.15, 0.2) is 0 Å². The van der Waals surface area contributed by atoms with E-state index in [0.717, 1.165) is 10.3 Å². The molecule has 2 heterocycles. The molecule has 0 bridgehead atoms. The molecule has 0 amide bonds. The summed E-state index contributed by atoms with van der Waals surface area (Å²) in [5.74, 6) is 0.